The van der Waals surface area contributed by atoms with Crippen molar-refractivity contribution in [3.63, 3.8) is 0 Å². The maximum absolute atomic E-state index is 9.03. The van der Waals surface area contributed by atoms with Crippen LogP contribution in [-0.4, -0.2) is 69.1 Å². The molecule has 1 N–H and O–H groups in total. The van der Waals surface area contributed by atoms with E-state index in [1.807, 2.05) is 0 Å². The number of nitrogens with zero attached hydrogens (tertiary/aromatic N) is 2. The first-order chi connectivity index (χ1) is 8.92. The second-order valence-electron chi connectivity index (χ2n) is 4.83. The molecule has 0 spiro atoms. The molecule has 0 saturated carbocycles. The van der Waals surface area contributed by atoms with Gasteiger partial charge >= 0.3 is 0 Å². The fraction of sp³-hybridized carbons (Fsp3) is 0.923. The largest absolute Gasteiger partial charge is 0.553 e. The van der Waals surface area contributed by atoms with E-state index in [-0.39, 0.29) is 0 Å². The van der Waals surface area contributed by atoms with Crippen molar-refractivity contribution in [2.45, 2.75) is 39.5 Å². The number of hydrogen-bond acceptors (Lipinski definition) is 5. The minimum Gasteiger partial charge on any atom is -0.553 e. The number of hydrogen-bond donors (Lipinski definition) is 1. The van der Waals surface area contributed by atoms with E-state index in [4.69, 9.17) is 9.90 Å². The zero-order valence-electron chi connectivity index (χ0n) is 13.1. The molecule has 3 unspecified atom stereocenters. The molecule has 0 radical (unpaired) electrons. The molecular weight excluding hydrogens is 246 g/mol. The molecule has 1 fully saturated rings. The monoisotopic (exact) mass is 275 g/mol. The Kier molecular flexibility index (Phi) is 8.71. The number of carboxylic acid groups (broad SMARTS) is 1. The van der Waals surface area contributed by atoms with Gasteiger partial charge in [-0.3, -0.25) is 0 Å². The predicted molar refractivity (Wildman–Crippen MR) is 72.7 cm³/mol. The van der Waals surface area contributed by atoms with Crippen molar-refractivity contribution in [3.05, 3.63) is 0 Å². The molecule has 3 atom stereocenters. The summed E-state index contributed by atoms with van der Waals surface area (Å²) in [4.78, 5) is 15.8. The molecule has 0 aromatic carbocycles. The Morgan fingerprint density at radius 2 is 1.89 bits per heavy atom. The van der Waals surface area contributed by atoms with Gasteiger partial charge in [0.05, 0.1) is 19.6 Å². The fourth-order valence-electron chi connectivity index (χ4n) is 2.74. The summed E-state index contributed by atoms with van der Waals surface area (Å²) in [6, 6.07) is 0.764. The Morgan fingerprint density at radius 1 is 1.42 bits per heavy atom. The molecule has 6 heteroatoms. The zero-order valence-corrected chi connectivity index (χ0v) is 13.1. The van der Waals surface area contributed by atoms with E-state index < -0.39 is 6.16 Å². The molecular formula is C13H29N3O3. The van der Waals surface area contributed by atoms with Gasteiger partial charge in [0.25, 0.3) is 6.16 Å². The van der Waals surface area contributed by atoms with Gasteiger partial charge in [-0.2, -0.15) is 0 Å². The number of carbonyl (C=O) groups excluding carboxylic acids is 1. The number of methoxy groups -OCH3 is 1. The van der Waals surface area contributed by atoms with Gasteiger partial charge in [0, 0.05) is 20.2 Å². The van der Waals surface area contributed by atoms with Gasteiger partial charge in [0.2, 0.25) is 6.29 Å². The second-order valence-corrected chi connectivity index (χ2v) is 4.83. The van der Waals surface area contributed by atoms with Gasteiger partial charge in [0.1, 0.15) is 0 Å². The molecule has 114 valence electrons. The summed E-state index contributed by atoms with van der Waals surface area (Å²) in [5, 5.41) is 9.03. The standard InChI is InChI=1S/C11H25N3.C2H4O3/c1-6-10-9-12(4)11(13(10)5)14(7-2)8-3;1-5-2(3)4/h10-11H,6-9H2,1-5H3;1H3,(H,3,4). The molecule has 0 aromatic heterocycles. The van der Waals surface area contributed by atoms with Crippen molar-refractivity contribution in [1.82, 2.24) is 9.80 Å². The van der Waals surface area contributed by atoms with Gasteiger partial charge < -0.3 is 19.5 Å². The number of rotatable bonds is 4. The van der Waals surface area contributed by atoms with E-state index in [9.17, 15) is 0 Å². The van der Waals surface area contributed by atoms with Crippen LogP contribution in [0.5, 0.6) is 0 Å². The molecule has 0 aromatic rings. The highest BCUT2D eigenvalue weighted by molar-refractivity contribution is 5.53. The summed E-state index contributed by atoms with van der Waals surface area (Å²) in [6.45, 7) is 10.4. The Hall–Kier alpha value is -0.850. The lowest BCUT2D eigenvalue weighted by atomic mass is 10.2. The quantitative estimate of drug-likeness (QED) is 0.655. The summed E-state index contributed by atoms with van der Waals surface area (Å²) in [7, 11) is 5.62. The molecule has 6 nitrogen and oxygen atoms in total. The normalized spacial score (nSPS) is 27.0. The average Bonchev–Trinajstić information content (AvgIpc) is 2.68. The Morgan fingerprint density at radius 3 is 2.16 bits per heavy atom. The van der Waals surface area contributed by atoms with Crippen LogP contribution in [-0.2, 0) is 4.74 Å². The average molecular weight is 275 g/mol. The van der Waals surface area contributed by atoms with Crippen molar-refractivity contribution in [2.75, 3.05) is 40.8 Å². The Balaban J connectivity index is 0.000000555. The Labute approximate surface area is 116 Å². The van der Waals surface area contributed by atoms with Crippen molar-refractivity contribution in [1.29, 1.82) is 0 Å². The highest BCUT2D eigenvalue weighted by Gasteiger charge is 2.40. The van der Waals surface area contributed by atoms with Crippen molar-refractivity contribution < 1.29 is 19.5 Å². The summed E-state index contributed by atoms with van der Waals surface area (Å²) in [5.74, 6) is 0. The minimum atomic E-state index is -1.50. The third-order valence-electron chi connectivity index (χ3n) is 3.76. The van der Waals surface area contributed by atoms with Crippen LogP contribution in [0, 0.1) is 0 Å². The number of carbonyl (C=O) groups is 1. The van der Waals surface area contributed by atoms with Gasteiger partial charge in [-0.05, 0) is 13.5 Å². The Bertz CT molecular complexity index is 260. The smallest absolute Gasteiger partial charge is 0.251 e. The molecule has 0 bridgehead atoms. The van der Waals surface area contributed by atoms with Crippen LogP contribution < -0.4 is 10.0 Å². The topological polar surface area (TPSA) is 60.3 Å². The van der Waals surface area contributed by atoms with Crippen LogP contribution in [0.25, 0.3) is 0 Å². The van der Waals surface area contributed by atoms with Crippen LogP contribution in [0.4, 0.5) is 4.79 Å². The maximum Gasteiger partial charge on any atom is 0.251 e. The van der Waals surface area contributed by atoms with E-state index in [2.05, 4.69) is 49.4 Å². The van der Waals surface area contributed by atoms with Crippen molar-refractivity contribution in [3.8, 4) is 0 Å². The number of nitrogens with one attached hydrogen (secondary N) is 1. The van der Waals surface area contributed by atoms with Gasteiger partial charge in [0.15, 0.2) is 0 Å². The lowest BCUT2D eigenvalue weighted by Crippen LogP contribution is -3.13. The van der Waals surface area contributed by atoms with Crippen molar-refractivity contribution in [2.24, 2.45) is 0 Å². The zero-order chi connectivity index (χ0) is 15.0. The van der Waals surface area contributed by atoms with E-state index in [0.29, 0.717) is 6.29 Å². The first kappa shape index (κ1) is 18.1. The lowest BCUT2D eigenvalue weighted by Gasteiger charge is -2.32. The third kappa shape index (κ3) is 5.34. The molecule has 0 aliphatic carbocycles. The van der Waals surface area contributed by atoms with E-state index in [0.717, 1.165) is 26.2 Å². The highest BCUT2D eigenvalue weighted by Crippen LogP contribution is 2.10. The van der Waals surface area contributed by atoms with Crippen LogP contribution in [0.2, 0.25) is 0 Å². The molecule has 19 heavy (non-hydrogen) atoms. The highest BCUT2D eigenvalue weighted by atomic mass is 16.6. The van der Waals surface area contributed by atoms with Crippen molar-refractivity contribution >= 4 is 6.16 Å². The molecule has 1 saturated heterocycles. The second kappa shape index (κ2) is 9.12. The fourth-order valence-corrected chi connectivity index (χ4v) is 2.74. The summed E-state index contributed by atoms with van der Waals surface area (Å²) in [6.07, 6.45) is 0.367. The third-order valence-corrected chi connectivity index (χ3v) is 3.76. The van der Waals surface area contributed by atoms with Crippen LogP contribution in [0.3, 0.4) is 0 Å². The van der Waals surface area contributed by atoms with Crippen LogP contribution in [0.1, 0.15) is 27.2 Å². The summed E-state index contributed by atoms with van der Waals surface area (Å²) < 4.78 is 3.56. The van der Waals surface area contributed by atoms with Gasteiger partial charge in [-0.15, -0.1) is 0 Å². The van der Waals surface area contributed by atoms with Gasteiger partial charge in [-0.1, -0.05) is 20.8 Å². The number of ether oxygens (including phenoxy) is 1. The molecule has 0 amide bonds. The summed E-state index contributed by atoms with van der Waals surface area (Å²) in [5.41, 5.74) is 0. The van der Waals surface area contributed by atoms with E-state index >= 15 is 0 Å². The van der Waals surface area contributed by atoms with Gasteiger partial charge in [-0.25, -0.2) is 9.80 Å². The van der Waals surface area contributed by atoms with E-state index in [1.165, 1.54) is 13.0 Å². The first-order valence-corrected chi connectivity index (χ1v) is 6.95. The molecule has 1 heterocycles. The SMILES string of the molecule is CCC1C[NH+](C)C(N(CC)CC)N1C.COC(=O)[O-]. The van der Waals surface area contributed by atoms with E-state index in [1.54, 1.807) is 4.90 Å². The predicted octanol–water partition coefficient (Wildman–Crippen LogP) is -1.17. The maximum atomic E-state index is 9.03. The molecule has 1 aliphatic heterocycles. The molecule has 1 rings (SSSR count). The molecule has 1 aliphatic rings. The number of quaternary nitrogens is 1. The summed E-state index contributed by atoms with van der Waals surface area (Å²) >= 11 is 0. The van der Waals surface area contributed by atoms with Crippen LogP contribution in [0.15, 0.2) is 0 Å². The van der Waals surface area contributed by atoms with Crippen LogP contribution >= 0.6 is 0 Å². The first-order valence-electron chi connectivity index (χ1n) is 6.95. The minimum absolute atomic E-state index is 0.593. The lowest BCUT2D eigenvalue weighted by molar-refractivity contribution is -0.912. The number of likely N-dealkylation sites (N-methyl/N-ethyl adjacent to an activating group) is 2.